The highest BCUT2D eigenvalue weighted by Gasteiger charge is 2.23. The number of carbonyl (C=O) groups excluding carboxylic acids is 2. The van der Waals surface area contributed by atoms with E-state index in [0.717, 1.165) is 10.4 Å². The molecule has 6 nitrogen and oxygen atoms in total. The zero-order valence-corrected chi connectivity index (χ0v) is 13.2. The minimum atomic E-state index is -0.212. The Bertz CT molecular complexity index is 609. The Balaban J connectivity index is 2.02. The van der Waals surface area contributed by atoms with Crippen LogP contribution in [0.3, 0.4) is 0 Å². The first kappa shape index (κ1) is 15.3. The maximum Gasteiger partial charge on any atom is 0.322 e. The fourth-order valence-electron chi connectivity index (χ4n) is 2.25. The van der Waals surface area contributed by atoms with Crippen molar-refractivity contribution < 1.29 is 9.59 Å². The van der Waals surface area contributed by atoms with Gasteiger partial charge >= 0.3 is 6.03 Å². The summed E-state index contributed by atoms with van der Waals surface area (Å²) in [6.45, 7) is 7.47. The van der Waals surface area contributed by atoms with Gasteiger partial charge in [0.2, 0.25) is 5.91 Å². The molecule has 21 heavy (non-hydrogen) atoms. The number of carbonyl (C=O) groups is 2. The molecule has 0 aliphatic carbocycles. The lowest BCUT2D eigenvalue weighted by atomic mass is 10.2. The van der Waals surface area contributed by atoms with Crippen molar-refractivity contribution in [2.45, 2.75) is 20.8 Å². The number of amides is 3. The van der Waals surface area contributed by atoms with Gasteiger partial charge in [-0.1, -0.05) is 0 Å². The topological polar surface area (TPSA) is 76.4 Å². The smallest absolute Gasteiger partial charge is 0.322 e. The van der Waals surface area contributed by atoms with Crippen molar-refractivity contribution in [3.05, 3.63) is 16.0 Å². The molecule has 0 saturated carbocycles. The molecule has 2 rings (SSSR count). The molecule has 0 atom stereocenters. The van der Waals surface area contributed by atoms with E-state index in [4.69, 9.17) is 0 Å². The van der Waals surface area contributed by atoms with Crippen molar-refractivity contribution in [2.75, 3.05) is 31.5 Å². The van der Waals surface area contributed by atoms with Crippen LogP contribution in [0.5, 0.6) is 0 Å². The summed E-state index contributed by atoms with van der Waals surface area (Å²) < 4.78 is 0. The number of aryl methyl sites for hydroxylation is 1. The van der Waals surface area contributed by atoms with Gasteiger partial charge in [-0.25, -0.2) is 4.79 Å². The van der Waals surface area contributed by atoms with Gasteiger partial charge in [0, 0.05) is 38.0 Å². The molecule has 1 saturated heterocycles. The molecule has 7 heteroatoms. The number of piperazine rings is 1. The van der Waals surface area contributed by atoms with E-state index >= 15 is 0 Å². The third-order valence-electron chi connectivity index (χ3n) is 3.73. The molecule has 2 heterocycles. The minimum Gasteiger partial charge on any atom is -0.339 e. The van der Waals surface area contributed by atoms with Gasteiger partial charge in [-0.3, -0.25) is 10.1 Å². The van der Waals surface area contributed by atoms with Crippen LogP contribution in [0.4, 0.5) is 9.80 Å². The van der Waals surface area contributed by atoms with Crippen molar-refractivity contribution in [3.63, 3.8) is 0 Å². The van der Waals surface area contributed by atoms with Gasteiger partial charge in [-0.05, 0) is 19.4 Å². The first-order chi connectivity index (χ1) is 9.93. The van der Waals surface area contributed by atoms with Gasteiger partial charge in [-0.2, -0.15) is 5.26 Å². The molecule has 0 spiro atoms. The molecule has 1 aromatic rings. The summed E-state index contributed by atoms with van der Waals surface area (Å²) in [5.41, 5.74) is 1.45. The Morgan fingerprint density at radius 2 is 1.76 bits per heavy atom. The summed E-state index contributed by atoms with van der Waals surface area (Å²) in [6.07, 6.45) is 0. The Labute approximate surface area is 128 Å². The number of hydrogen-bond acceptors (Lipinski definition) is 4. The van der Waals surface area contributed by atoms with Crippen LogP contribution in [0.2, 0.25) is 0 Å². The number of rotatable bonds is 1. The van der Waals surface area contributed by atoms with E-state index in [9.17, 15) is 14.9 Å². The normalized spacial score (nSPS) is 14.8. The average Bonchev–Trinajstić information content (AvgIpc) is 2.73. The number of nitrogens with zero attached hydrogens (tertiary/aromatic N) is 3. The molecule has 0 unspecified atom stereocenters. The predicted molar refractivity (Wildman–Crippen MR) is 81.4 cm³/mol. The van der Waals surface area contributed by atoms with E-state index in [1.807, 2.05) is 13.8 Å². The number of hydrogen-bond donors (Lipinski definition) is 1. The molecule has 1 N–H and O–H groups in total. The molecule has 1 aliphatic heterocycles. The lowest BCUT2D eigenvalue weighted by Crippen LogP contribution is -2.51. The van der Waals surface area contributed by atoms with E-state index in [2.05, 4.69) is 11.4 Å². The number of anilines is 1. The van der Waals surface area contributed by atoms with Crippen molar-refractivity contribution in [2.24, 2.45) is 0 Å². The molecule has 112 valence electrons. The van der Waals surface area contributed by atoms with Crippen LogP contribution in [0, 0.1) is 25.2 Å². The number of urea groups is 1. The largest absolute Gasteiger partial charge is 0.339 e. The quantitative estimate of drug-likeness (QED) is 0.861. The maximum absolute atomic E-state index is 12.2. The molecule has 1 fully saturated rings. The second-order valence-electron chi connectivity index (χ2n) is 5.02. The Morgan fingerprint density at radius 1 is 1.19 bits per heavy atom. The van der Waals surface area contributed by atoms with Crippen molar-refractivity contribution in [1.29, 1.82) is 5.26 Å². The highest BCUT2D eigenvalue weighted by molar-refractivity contribution is 7.16. The molecular weight excluding hydrogens is 288 g/mol. The van der Waals surface area contributed by atoms with Crippen molar-refractivity contribution >= 4 is 28.3 Å². The van der Waals surface area contributed by atoms with E-state index < -0.39 is 0 Å². The molecular formula is C14H18N4O2S. The predicted octanol–water partition coefficient (Wildman–Crippen LogP) is 1.93. The van der Waals surface area contributed by atoms with Crippen LogP contribution in [0.1, 0.15) is 22.9 Å². The lowest BCUT2D eigenvalue weighted by Gasteiger charge is -2.34. The highest BCUT2D eigenvalue weighted by Crippen LogP contribution is 2.31. The number of nitrogens with one attached hydrogen (secondary N) is 1. The number of thiophene rings is 1. The molecule has 0 radical (unpaired) electrons. The minimum absolute atomic E-state index is 0.0336. The van der Waals surface area contributed by atoms with E-state index in [1.165, 1.54) is 18.3 Å². The zero-order chi connectivity index (χ0) is 15.6. The average molecular weight is 306 g/mol. The van der Waals surface area contributed by atoms with Crippen LogP contribution < -0.4 is 5.32 Å². The van der Waals surface area contributed by atoms with Crippen LogP contribution in [0.25, 0.3) is 0 Å². The second-order valence-corrected chi connectivity index (χ2v) is 6.25. The maximum atomic E-state index is 12.2. The molecule has 0 bridgehead atoms. The first-order valence-electron chi connectivity index (χ1n) is 6.75. The second kappa shape index (κ2) is 6.14. The first-order valence-corrected chi connectivity index (χ1v) is 7.57. The van der Waals surface area contributed by atoms with Crippen molar-refractivity contribution in [3.8, 4) is 6.07 Å². The standard InChI is InChI=1S/C14H18N4O2S/c1-9-10(2)21-13(12(9)8-15)16-14(20)18-6-4-17(5-7-18)11(3)19/h4-7H2,1-3H3,(H,16,20). The molecule has 1 aliphatic rings. The van der Waals surface area contributed by atoms with E-state index in [0.29, 0.717) is 36.7 Å². The van der Waals surface area contributed by atoms with Crippen LogP contribution in [-0.2, 0) is 4.79 Å². The Morgan fingerprint density at radius 3 is 2.29 bits per heavy atom. The van der Waals surface area contributed by atoms with Crippen LogP contribution >= 0.6 is 11.3 Å². The van der Waals surface area contributed by atoms with Gasteiger partial charge in [-0.15, -0.1) is 11.3 Å². The number of nitriles is 1. The van der Waals surface area contributed by atoms with E-state index in [1.54, 1.807) is 9.80 Å². The van der Waals surface area contributed by atoms with Gasteiger partial charge < -0.3 is 9.80 Å². The summed E-state index contributed by atoms with van der Waals surface area (Å²) in [5, 5.41) is 12.6. The van der Waals surface area contributed by atoms with Gasteiger partial charge in [0.1, 0.15) is 11.1 Å². The third kappa shape index (κ3) is 3.16. The molecule has 0 aromatic carbocycles. The fourth-order valence-corrected chi connectivity index (χ4v) is 3.25. The summed E-state index contributed by atoms with van der Waals surface area (Å²) in [7, 11) is 0. The van der Waals surface area contributed by atoms with Crippen molar-refractivity contribution in [1.82, 2.24) is 9.80 Å². The fraction of sp³-hybridized carbons (Fsp3) is 0.500. The summed E-state index contributed by atoms with van der Waals surface area (Å²) in [6, 6.07) is 1.93. The lowest BCUT2D eigenvalue weighted by molar-refractivity contribution is -0.130. The van der Waals surface area contributed by atoms with Gasteiger partial charge in [0.15, 0.2) is 0 Å². The SMILES string of the molecule is CC(=O)N1CCN(C(=O)Nc2sc(C)c(C)c2C#N)CC1. The summed E-state index contributed by atoms with van der Waals surface area (Å²) >= 11 is 1.42. The third-order valence-corrected chi connectivity index (χ3v) is 4.85. The van der Waals surface area contributed by atoms with Gasteiger partial charge in [0.25, 0.3) is 0 Å². The summed E-state index contributed by atoms with van der Waals surface area (Å²) in [5.74, 6) is 0.0336. The molecule has 3 amide bonds. The summed E-state index contributed by atoms with van der Waals surface area (Å²) in [4.78, 5) is 27.9. The Hall–Kier alpha value is -2.07. The van der Waals surface area contributed by atoms with Crippen LogP contribution in [-0.4, -0.2) is 47.9 Å². The monoisotopic (exact) mass is 306 g/mol. The zero-order valence-electron chi connectivity index (χ0n) is 12.4. The van der Waals surface area contributed by atoms with Crippen LogP contribution in [0.15, 0.2) is 0 Å². The Kier molecular flexibility index (Phi) is 4.48. The molecule has 1 aromatic heterocycles. The highest BCUT2D eigenvalue weighted by atomic mass is 32.1. The van der Waals surface area contributed by atoms with Gasteiger partial charge in [0.05, 0.1) is 5.56 Å². The van der Waals surface area contributed by atoms with E-state index in [-0.39, 0.29) is 11.9 Å².